The molecule has 0 saturated carbocycles. The summed E-state index contributed by atoms with van der Waals surface area (Å²) in [5.74, 6) is 0.506. The molecule has 2 aliphatic heterocycles. The Morgan fingerprint density at radius 1 is 1.41 bits per heavy atom. The summed E-state index contributed by atoms with van der Waals surface area (Å²) in [4.78, 5) is 14.3. The van der Waals surface area contributed by atoms with Crippen LogP contribution in [0.2, 0.25) is 0 Å². The van der Waals surface area contributed by atoms with Crippen LogP contribution in [-0.2, 0) is 4.79 Å². The lowest BCUT2D eigenvalue weighted by Crippen LogP contribution is -2.53. The van der Waals surface area contributed by atoms with Crippen molar-refractivity contribution in [2.24, 2.45) is 5.92 Å². The molecule has 0 aromatic carbocycles. The summed E-state index contributed by atoms with van der Waals surface area (Å²) >= 11 is 0. The fourth-order valence-corrected chi connectivity index (χ4v) is 2.90. The normalized spacial score (nSPS) is 34.7. The van der Waals surface area contributed by atoms with Crippen molar-refractivity contribution in [2.45, 2.75) is 51.2 Å². The molecule has 0 aromatic rings. The van der Waals surface area contributed by atoms with E-state index in [1.807, 2.05) is 4.90 Å². The van der Waals surface area contributed by atoms with Crippen LogP contribution in [0.1, 0.15) is 39.0 Å². The van der Waals surface area contributed by atoms with Gasteiger partial charge in [-0.2, -0.15) is 0 Å². The van der Waals surface area contributed by atoms with Crippen LogP contribution >= 0.6 is 0 Å². The number of likely N-dealkylation sites (tertiary alicyclic amines) is 1. The van der Waals surface area contributed by atoms with Crippen molar-refractivity contribution < 1.29 is 9.90 Å². The average Bonchev–Trinajstić information content (AvgIpc) is 2.39. The van der Waals surface area contributed by atoms with E-state index in [1.54, 1.807) is 0 Å². The van der Waals surface area contributed by atoms with Crippen molar-refractivity contribution in [3.63, 3.8) is 0 Å². The number of aliphatic hydroxyl groups is 1. The van der Waals surface area contributed by atoms with Gasteiger partial charge in [-0.15, -0.1) is 0 Å². The monoisotopic (exact) mass is 240 g/mol. The minimum absolute atomic E-state index is 0.0245. The Balaban J connectivity index is 1.90. The number of amides is 1. The quantitative estimate of drug-likeness (QED) is 0.749. The summed E-state index contributed by atoms with van der Waals surface area (Å²) in [6, 6.07) is 0.0245. The number of hydrogen-bond acceptors (Lipinski definition) is 3. The topological polar surface area (TPSA) is 52.6 Å². The fraction of sp³-hybridized carbons (Fsp3) is 0.923. The van der Waals surface area contributed by atoms with Crippen molar-refractivity contribution in [2.75, 3.05) is 19.6 Å². The van der Waals surface area contributed by atoms with Crippen LogP contribution in [0.25, 0.3) is 0 Å². The Kier molecular flexibility index (Phi) is 4.40. The molecule has 0 bridgehead atoms. The largest absolute Gasteiger partial charge is 0.393 e. The van der Waals surface area contributed by atoms with Gasteiger partial charge in [-0.25, -0.2) is 0 Å². The molecule has 2 fully saturated rings. The second kappa shape index (κ2) is 5.83. The lowest BCUT2D eigenvalue weighted by molar-refractivity contribution is -0.137. The van der Waals surface area contributed by atoms with Crippen LogP contribution in [0, 0.1) is 5.92 Å². The van der Waals surface area contributed by atoms with Gasteiger partial charge < -0.3 is 15.3 Å². The maximum atomic E-state index is 12.3. The van der Waals surface area contributed by atoms with E-state index >= 15 is 0 Å². The number of nitrogens with zero attached hydrogens (tertiary/aromatic N) is 1. The van der Waals surface area contributed by atoms with Gasteiger partial charge in [0, 0.05) is 19.0 Å². The molecule has 17 heavy (non-hydrogen) atoms. The van der Waals surface area contributed by atoms with Crippen molar-refractivity contribution in [3.05, 3.63) is 0 Å². The molecule has 0 aromatic heterocycles. The van der Waals surface area contributed by atoms with Crippen molar-refractivity contribution in [1.82, 2.24) is 10.2 Å². The predicted octanol–water partition coefficient (Wildman–Crippen LogP) is 0.748. The predicted molar refractivity (Wildman–Crippen MR) is 66.6 cm³/mol. The summed E-state index contributed by atoms with van der Waals surface area (Å²) in [7, 11) is 0. The Morgan fingerprint density at radius 2 is 2.24 bits per heavy atom. The van der Waals surface area contributed by atoms with Crippen LogP contribution in [0.15, 0.2) is 0 Å². The standard InChI is InChI=1S/C13H24N2O2/c1-2-10-9-15(8-6-12(10)16)13(17)11-5-3-4-7-14-11/h10-12,14,16H,2-9H2,1H3/t10-,11-,12-/m1/s1. The van der Waals surface area contributed by atoms with E-state index in [1.165, 1.54) is 6.42 Å². The molecule has 4 nitrogen and oxygen atoms in total. The van der Waals surface area contributed by atoms with Crippen LogP contribution in [-0.4, -0.2) is 47.7 Å². The van der Waals surface area contributed by atoms with Crippen LogP contribution < -0.4 is 5.32 Å². The maximum Gasteiger partial charge on any atom is 0.239 e. The molecule has 98 valence electrons. The Hall–Kier alpha value is -0.610. The molecule has 2 saturated heterocycles. The van der Waals surface area contributed by atoms with Crippen LogP contribution in [0.4, 0.5) is 0 Å². The molecule has 2 N–H and O–H groups in total. The second-order valence-electron chi connectivity index (χ2n) is 5.31. The van der Waals surface area contributed by atoms with E-state index in [9.17, 15) is 9.90 Å². The molecule has 3 atom stereocenters. The van der Waals surface area contributed by atoms with Crippen molar-refractivity contribution in [3.8, 4) is 0 Å². The molecule has 2 aliphatic rings. The Labute approximate surface area is 103 Å². The summed E-state index contributed by atoms with van der Waals surface area (Å²) in [6.07, 6.45) is 4.76. The number of carbonyl (C=O) groups is 1. The molecule has 2 rings (SSSR count). The van der Waals surface area contributed by atoms with Gasteiger partial charge in [0.15, 0.2) is 0 Å². The smallest absolute Gasteiger partial charge is 0.239 e. The second-order valence-corrected chi connectivity index (χ2v) is 5.31. The molecule has 2 heterocycles. The number of piperidine rings is 2. The first kappa shape index (κ1) is 12.8. The first-order chi connectivity index (χ1) is 8.22. The van der Waals surface area contributed by atoms with Crippen LogP contribution in [0.5, 0.6) is 0 Å². The summed E-state index contributed by atoms with van der Waals surface area (Å²) in [6.45, 7) is 4.49. The van der Waals surface area contributed by atoms with Gasteiger partial charge in [-0.3, -0.25) is 4.79 Å². The van der Waals surface area contributed by atoms with Gasteiger partial charge in [-0.1, -0.05) is 13.3 Å². The number of nitrogens with one attached hydrogen (secondary N) is 1. The third-order valence-electron chi connectivity index (χ3n) is 4.14. The van der Waals surface area contributed by atoms with Gasteiger partial charge in [-0.05, 0) is 32.2 Å². The lowest BCUT2D eigenvalue weighted by Gasteiger charge is -2.38. The molecule has 0 unspecified atom stereocenters. The van der Waals surface area contributed by atoms with E-state index in [0.29, 0.717) is 6.54 Å². The number of carbonyl (C=O) groups excluding carboxylic acids is 1. The average molecular weight is 240 g/mol. The summed E-state index contributed by atoms with van der Waals surface area (Å²) < 4.78 is 0. The molecule has 0 spiro atoms. The third kappa shape index (κ3) is 2.99. The maximum absolute atomic E-state index is 12.3. The highest BCUT2D eigenvalue weighted by Crippen LogP contribution is 2.21. The molecular formula is C13H24N2O2. The van der Waals surface area contributed by atoms with Gasteiger partial charge in [0.1, 0.15) is 0 Å². The van der Waals surface area contributed by atoms with Gasteiger partial charge in [0.05, 0.1) is 12.1 Å². The van der Waals surface area contributed by atoms with E-state index in [-0.39, 0.29) is 24.0 Å². The molecule has 4 heteroatoms. The third-order valence-corrected chi connectivity index (χ3v) is 4.14. The van der Waals surface area contributed by atoms with Gasteiger partial charge >= 0.3 is 0 Å². The first-order valence-electron chi connectivity index (χ1n) is 6.92. The summed E-state index contributed by atoms with van der Waals surface area (Å²) in [5.41, 5.74) is 0. The molecule has 1 amide bonds. The molecule has 0 aliphatic carbocycles. The first-order valence-corrected chi connectivity index (χ1v) is 6.92. The fourth-order valence-electron chi connectivity index (χ4n) is 2.90. The highest BCUT2D eigenvalue weighted by atomic mass is 16.3. The molecule has 0 radical (unpaired) electrons. The number of rotatable bonds is 2. The van der Waals surface area contributed by atoms with E-state index in [2.05, 4.69) is 12.2 Å². The summed E-state index contributed by atoms with van der Waals surface area (Å²) in [5, 5.41) is 13.1. The highest BCUT2D eigenvalue weighted by Gasteiger charge is 2.32. The zero-order valence-electron chi connectivity index (χ0n) is 10.7. The number of aliphatic hydroxyl groups excluding tert-OH is 1. The zero-order valence-corrected chi connectivity index (χ0v) is 10.7. The number of hydrogen-bond donors (Lipinski definition) is 2. The minimum atomic E-state index is -0.219. The van der Waals surface area contributed by atoms with Gasteiger partial charge in [0.2, 0.25) is 5.91 Å². The zero-order chi connectivity index (χ0) is 12.3. The van der Waals surface area contributed by atoms with Gasteiger partial charge in [0.25, 0.3) is 0 Å². The van der Waals surface area contributed by atoms with E-state index in [0.717, 1.165) is 38.8 Å². The lowest BCUT2D eigenvalue weighted by atomic mass is 9.91. The van der Waals surface area contributed by atoms with Crippen LogP contribution in [0.3, 0.4) is 0 Å². The SMILES string of the molecule is CC[C@@H]1CN(C(=O)[C@H]2CCCCN2)CC[C@H]1O. The van der Waals surface area contributed by atoms with Crippen molar-refractivity contribution >= 4 is 5.91 Å². The highest BCUT2D eigenvalue weighted by molar-refractivity contribution is 5.82. The molecular weight excluding hydrogens is 216 g/mol. The van der Waals surface area contributed by atoms with Crippen molar-refractivity contribution in [1.29, 1.82) is 0 Å². The Bertz CT molecular complexity index is 264. The minimum Gasteiger partial charge on any atom is -0.393 e. The van der Waals surface area contributed by atoms with E-state index in [4.69, 9.17) is 0 Å². The van der Waals surface area contributed by atoms with E-state index < -0.39 is 0 Å². The Morgan fingerprint density at radius 3 is 2.88 bits per heavy atom.